The maximum atomic E-state index is 11.4. The predicted octanol–water partition coefficient (Wildman–Crippen LogP) is 1.94. The molecule has 88 valence electrons. The number of rotatable bonds is 5. The molecule has 4 N–H and O–H groups in total. The summed E-state index contributed by atoms with van der Waals surface area (Å²) in [5.41, 5.74) is 6.40. The Hall–Kier alpha value is -1.55. The Labute approximate surface area is 96.2 Å². The summed E-state index contributed by atoms with van der Waals surface area (Å²) in [5.74, 6) is 0. The zero-order valence-corrected chi connectivity index (χ0v) is 9.57. The van der Waals surface area contributed by atoms with Gasteiger partial charge in [0.05, 0.1) is 0 Å². The molecule has 4 nitrogen and oxygen atoms in total. The van der Waals surface area contributed by atoms with E-state index in [9.17, 15) is 4.79 Å². The van der Waals surface area contributed by atoms with Gasteiger partial charge < -0.3 is 16.4 Å². The number of benzene rings is 1. The highest BCUT2D eigenvalue weighted by Crippen LogP contribution is 2.04. The third-order valence-electron chi connectivity index (χ3n) is 2.15. The van der Waals surface area contributed by atoms with E-state index in [1.165, 1.54) is 0 Å². The lowest BCUT2D eigenvalue weighted by Crippen LogP contribution is -2.30. The molecule has 1 rings (SSSR count). The number of carbonyl (C=O) groups excluding carboxylic acids is 1. The van der Waals surface area contributed by atoms with Crippen LogP contribution < -0.4 is 16.4 Å². The molecule has 0 aliphatic rings. The van der Waals surface area contributed by atoms with Gasteiger partial charge in [0.25, 0.3) is 0 Å². The van der Waals surface area contributed by atoms with Gasteiger partial charge in [0, 0.05) is 18.3 Å². The van der Waals surface area contributed by atoms with E-state index < -0.39 is 0 Å². The van der Waals surface area contributed by atoms with Crippen molar-refractivity contribution in [2.24, 2.45) is 5.73 Å². The van der Waals surface area contributed by atoms with Crippen LogP contribution in [0.1, 0.15) is 19.8 Å². The van der Waals surface area contributed by atoms with E-state index in [-0.39, 0.29) is 12.1 Å². The molecule has 0 saturated heterocycles. The van der Waals surface area contributed by atoms with E-state index in [0.29, 0.717) is 6.54 Å². The van der Waals surface area contributed by atoms with Gasteiger partial charge in [-0.3, -0.25) is 0 Å². The molecule has 2 amide bonds. The van der Waals surface area contributed by atoms with Gasteiger partial charge in [-0.1, -0.05) is 18.2 Å². The van der Waals surface area contributed by atoms with Crippen LogP contribution in [0.15, 0.2) is 30.3 Å². The normalized spacial score (nSPS) is 11.9. The third-order valence-corrected chi connectivity index (χ3v) is 2.15. The van der Waals surface area contributed by atoms with Crippen molar-refractivity contribution >= 4 is 11.7 Å². The quantitative estimate of drug-likeness (QED) is 0.665. The maximum Gasteiger partial charge on any atom is 0.319 e. The molecule has 16 heavy (non-hydrogen) atoms. The summed E-state index contributed by atoms with van der Waals surface area (Å²) in [4.78, 5) is 11.4. The van der Waals surface area contributed by atoms with Gasteiger partial charge in [-0.2, -0.15) is 0 Å². The number of urea groups is 1. The van der Waals surface area contributed by atoms with Crippen molar-refractivity contribution in [2.75, 3.05) is 11.9 Å². The smallest absolute Gasteiger partial charge is 0.319 e. The van der Waals surface area contributed by atoms with Gasteiger partial charge in [0.15, 0.2) is 0 Å². The number of hydrogen-bond acceptors (Lipinski definition) is 2. The lowest BCUT2D eigenvalue weighted by molar-refractivity contribution is 0.252. The summed E-state index contributed by atoms with van der Waals surface area (Å²) in [6.07, 6.45) is 1.82. The van der Waals surface area contributed by atoms with Crippen molar-refractivity contribution in [1.29, 1.82) is 0 Å². The topological polar surface area (TPSA) is 67.1 Å². The van der Waals surface area contributed by atoms with Crippen LogP contribution in [0.2, 0.25) is 0 Å². The van der Waals surface area contributed by atoms with Crippen molar-refractivity contribution in [3.63, 3.8) is 0 Å². The van der Waals surface area contributed by atoms with E-state index >= 15 is 0 Å². The summed E-state index contributed by atoms with van der Waals surface area (Å²) in [6.45, 7) is 2.62. The summed E-state index contributed by atoms with van der Waals surface area (Å²) >= 11 is 0. The number of nitrogens with two attached hydrogens (primary N) is 1. The molecule has 0 bridgehead atoms. The molecule has 0 heterocycles. The van der Waals surface area contributed by atoms with Gasteiger partial charge in [0.2, 0.25) is 0 Å². The first-order valence-corrected chi connectivity index (χ1v) is 5.54. The van der Waals surface area contributed by atoms with E-state index in [1.807, 2.05) is 37.3 Å². The van der Waals surface area contributed by atoms with Crippen LogP contribution in [0.4, 0.5) is 10.5 Å². The molecule has 0 spiro atoms. The van der Waals surface area contributed by atoms with Gasteiger partial charge in [-0.05, 0) is 31.9 Å². The first-order chi connectivity index (χ1) is 7.68. The van der Waals surface area contributed by atoms with E-state index in [0.717, 1.165) is 18.5 Å². The van der Waals surface area contributed by atoms with Crippen molar-refractivity contribution < 1.29 is 4.79 Å². The van der Waals surface area contributed by atoms with Gasteiger partial charge in [0.1, 0.15) is 0 Å². The predicted molar refractivity (Wildman–Crippen MR) is 66.3 cm³/mol. The van der Waals surface area contributed by atoms with Gasteiger partial charge >= 0.3 is 6.03 Å². The molecule has 1 aromatic carbocycles. The largest absolute Gasteiger partial charge is 0.338 e. The molecule has 4 heteroatoms. The first-order valence-electron chi connectivity index (χ1n) is 5.54. The zero-order valence-electron chi connectivity index (χ0n) is 9.57. The highest BCUT2D eigenvalue weighted by Gasteiger charge is 2.00. The highest BCUT2D eigenvalue weighted by molar-refractivity contribution is 5.89. The number of amides is 2. The highest BCUT2D eigenvalue weighted by atomic mass is 16.2. The Bertz CT molecular complexity index is 311. The minimum Gasteiger partial charge on any atom is -0.338 e. The minimum atomic E-state index is -0.170. The molecule has 0 saturated carbocycles. The molecule has 0 aliphatic heterocycles. The average Bonchev–Trinajstić information content (AvgIpc) is 2.25. The summed E-state index contributed by atoms with van der Waals surface area (Å²) in [7, 11) is 0. The number of hydrogen-bond donors (Lipinski definition) is 3. The van der Waals surface area contributed by atoms with E-state index in [4.69, 9.17) is 5.73 Å². The van der Waals surface area contributed by atoms with Crippen molar-refractivity contribution in [2.45, 2.75) is 25.8 Å². The number of carbonyl (C=O) groups is 1. The maximum absolute atomic E-state index is 11.4. The van der Waals surface area contributed by atoms with Gasteiger partial charge in [-0.15, -0.1) is 0 Å². The third kappa shape index (κ3) is 5.36. The Balaban J connectivity index is 2.17. The van der Waals surface area contributed by atoms with Crippen molar-refractivity contribution in [3.8, 4) is 0 Å². The number of anilines is 1. The molecule has 0 aromatic heterocycles. The second-order valence-corrected chi connectivity index (χ2v) is 3.87. The fraction of sp³-hybridized carbons (Fsp3) is 0.417. The summed E-state index contributed by atoms with van der Waals surface area (Å²) in [6, 6.07) is 9.39. The van der Waals surface area contributed by atoms with Crippen LogP contribution in [0.25, 0.3) is 0 Å². The lowest BCUT2D eigenvalue weighted by Gasteiger charge is -2.08. The summed E-state index contributed by atoms with van der Waals surface area (Å²) in [5, 5.41) is 5.53. The molecule has 0 aliphatic carbocycles. The second-order valence-electron chi connectivity index (χ2n) is 3.87. The first kappa shape index (κ1) is 12.5. The molecule has 1 atom stereocenters. The molecule has 1 unspecified atom stereocenters. The standard InChI is InChI=1S/C12H19N3O/c1-10(13)6-5-9-14-12(16)15-11-7-3-2-4-8-11/h2-4,7-8,10H,5-6,9,13H2,1H3,(H2,14,15,16). The SMILES string of the molecule is CC(N)CCCNC(=O)Nc1ccccc1. The Kier molecular flexibility index (Phi) is 5.36. The fourth-order valence-corrected chi connectivity index (χ4v) is 1.32. The second kappa shape index (κ2) is 6.85. The molecular weight excluding hydrogens is 202 g/mol. The van der Waals surface area contributed by atoms with Crippen LogP contribution >= 0.6 is 0 Å². The van der Waals surface area contributed by atoms with E-state index in [2.05, 4.69) is 10.6 Å². The van der Waals surface area contributed by atoms with Gasteiger partial charge in [-0.25, -0.2) is 4.79 Å². The van der Waals surface area contributed by atoms with Crippen LogP contribution in [0.3, 0.4) is 0 Å². The van der Waals surface area contributed by atoms with Crippen molar-refractivity contribution in [3.05, 3.63) is 30.3 Å². The Morgan fingerprint density at radius 3 is 2.69 bits per heavy atom. The Morgan fingerprint density at radius 2 is 2.06 bits per heavy atom. The van der Waals surface area contributed by atoms with E-state index in [1.54, 1.807) is 0 Å². The Morgan fingerprint density at radius 1 is 1.38 bits per heavy atom. The zero-order chi connectivity index (χ0) is 11.8. The van der Waals surface area contributed by atoms with Crippen LogP contribution in [-0.4, -0.2) is 18.6 Å². The van der Waals surface area contributed by atoms with Crippen LogP contribution in [0.5, 0.6) is 0 Å². The number of para-hydroxylation sites is 1. The fourth-order valence-electron chi connectivity index (χ4n) is 1.32. The minimum absolute atomic E-state index is 0.170. The number of nitrogens with one attached hydrogen (secondary N) is 2. The molecular formula is C12H19N3O. The lowest BCUT2D eigenvalue weighted by atomic mass is 10.2. The molecule has 0 fully saturated rings. The monoisotopic (exact) mass is 221 g/mol. The van der Waals surface area contributed by atoms with Crippen LogP contribution in [0, 0.1) is 0 Å². The molecule has 0 radical (unpaired) electrons. The van der Waals surface area contributed by atoms with Crippen LogP contribution in [-0.2, 0) is 0 Å². The average molecular weight is 221 g/mol. The summed E-state index contributed by atoms with van der Waals surface area (Å²) < 4.78 is 0. The van der Waals surface area contributed by atoms with Crippen molar-refractivity contribution in [1.82, 2.24) is 5.32 Å². The molecule has 1 aromatic rings.